The van der Waals surface area contributed by atoms with Crippen molar-refractivity contribution in [1.29, 1.82) is 0 Å². The predicted molar refractivity (Wildman–Crippen MR) is 67.3 cm³/mol. The van der Waals surface area contributed by atoms with Crippen molar-refractivity contribution < 1.29 is 19.3 Å². The summed E-state index contributed by atoms with van der Waals surface area (Å²) >= 11 is 6.13. The number of rotatable bonds is 5. The quantitative estimate of drug-likeness (QED) is 0.841. The smallest absolute Gasteiger partial charge is 0.179 e. The molecule has 0 spiro atoms. The second-order valence-electron chi connectivity index (χ2n) is 3.85. The van der Waals surface area contributed by atoms with E-state index in [-0.39, 0.29) is 19.3 Å². The van der Waals surface area contributed by atoms with E-state index in [1.54, 1.807) is 6.07 Å². The van der Waals surface area contributed by atoms with Crippen LogP contribution in [0.1, 0.15) is 11.7 Å². The minimum atomic E-state index is -0.314. The Morgan fingerprint density at radius 2 is 2.17 bits per heavy atom. The lowest BCUT2D eigenvalue weighted by Gasteiger charge is -2.22. The average molecular weight is 274 g/mol. The van der Waals surface area contributed by atoms with Gasteiger partial charge in [0.15, 0.2) is 11.5 Å². The molecule has 5 nitrogen and oxygen atoms in total. The topological polar surface area (TPSA) is 73.9 Å². The first kappa shape index (κ1) is 13.4. The van der Waals surface area contributed by atoms with Gasteiger partial charge in [-0.05, 0) is 17.7 Å². The minimum absolute atomic E-state index is 0.0468. The van der Waals surface area contributed by atoms with Gasteiger partial charge in [0, 0.05) is 6.54 Å². The van der Waals surface area contributed by atoms with E-state index < -0.39 is 0 Å². The molecule has 1 aromatic carbocycles. The van der Waals surface area contributed by atoms with E-state index in [1.807, 2.05) is 6.07 Å². The normalized spacial score (nSPS) is 15.5. The summed E-state index contributed by atoms with van der Waals surface area (Å²) in [5.74, 6) is 1.17. The Balaban J connectivity index is 2.24. The van der Waals surface area contributed by atoms with Gasteiger partial charge in [0.1, 0.15) is 13.2 Å². The Morgan fingerprint density at radius 3 is 2.89 bits per heavy atom. The molecule has 0 bridgehead atoms. The highest BCUT2D eigenvalue weighted by Gasteiger charge is 2.20. The van der Waals surface area contributed by atoms with Gasteiger partial charge in [-0.3, -0.25) is 0 Å². The summed E-state index contributed by atoms with van der Waals surface area (Å²) in [6.45, 7) is 1.48. The van der Waals surface area contributed by atoms with Crippen LogP contribution in [0.25, 0.3) is 0 Å². The molecule has 0 saturated carbocycles. The molecule has 3 N–H and O–H groups in total. The van der Waals surface area contributed by atoms with Crippen molar-refractivity contribution in [3.05, 3.63) is 22.7 Å². The number of benzene rings is 1. The van der Waals surface area contributed by atoms with Crippen LogP contribution in [0.3, 0.4) is 0 Å². The molecule has 6 heteroatoms. The monoisotopic (exact) mass is 273 g/mol. The summed E-state index contributed by atoms with van der Waals surface area (Å²) in [6.07, 6.45) is -0.314. The molecule has 0 aromatic heterocycles. The first-order chi connectivity index (χ1) is 8.76. The van der Waals surface area contributed by atoms with E-state index in [2.05, 4.69) is 0 Å². The lowest BCUT2D eigenvalue weighted by Crippen LogP contribution is -2.19. The van der Waals surface area contributed by atoms with E-state index in [9.17, 15) is 0 Å². The number of aliphatic hydroxyl groups excluding tert-OH is 1. The number of aliphatic hydroxyl groups is 1. The Hall–Kier alpha value is -1.01. The van der Waals surface area contributed by atoms with Gasteiger partial charge in [-0.1, -0.05) is 11.6 Å². The molecule has 0 aliphatic carbocycles. The van der Waals surface area contributed by atoms with E-state index >= 15 is 0 Å². The predicted octanol–water partition coefficient (Wildman–Crippen LogP) is 1.12. The molecule has 1 atom stereocenters. The van der Waals surface area contributed by atoms with E-state index in [4.69, 9.17) is 36.7 Å². The number of nitrogens with two attached hydrogens (primary N) is 1. The standard InChI is InChI=1S/C12H16ClNO4/c13-9-5-8(11(7-14)16-2-1-15)6-10-12(9)18-4-3-17-10/h5-6,11,15H,1-4,7,14H2. The van der Waals surface area contributed by atoms with Crippen molar-refractivity contribution in [2.75, 3.05) is 33.0 Å². The number of fused-ring (bicyclic) bond motifs is 1. The second kappa shape index (κ2) is 6.24. The largest absolute Gasteiger partial charge is 0.486 e. The molecular weight excluding hydrogens is 258 g/mol. The molecule has 1 aromatic rings. The summed E-state index contributed by atoms with van der Waals surface area (Å²) in [5, 5.41) is 9.25. The average Bonchev–Trinajstić information content (AvgIpc) is 2.40. The van der Waals surface area contributed by atoms with Crippen molar-refractivity contribution in [2.24, 2.45) is 5.73 Å². The van der Waals surface area contributed by atoms with Crippen LogP contribution < -0.4 is 15.2 Å². The maximum absolute atomic E-state index is 8.77. The third kappa shape index (κ3) is 2.87. The molecule has 18 heavy (non-hydrogen) atoms. The molecule has 0 amide bonds. The third-order valence-electron chi connectivity index (χ3n) is 2.62. The van der Waals surface area contributed by atoms with E-state index in [1.165, 1.54) is 0 Å². The summed E-state index contributed by atoms with van der Waals surface area (Å²) in [6, 6.07) is 3.57. The molecule has 1 unspecified atom stereocenters. The first-order valence-electron chi connectivity index (χ1n) is 5.78. The highest BCUT2D eigenvalue weighted by atomic mass is 35.5. The maximum atomic E-state index is 8.77. The van der Waals surface area contributed by atoms with Crippen LogP contribution in [-0.4, -0.2) is 38.1 Å². The third-order valence-corrected chi connectivity index (χ3v) is 2.90. The molecule has 1 aliphatic rings. The van der Waals surface area contributed by atoms with Crippen LogP contribution in [-0.2, 0) is 4.74 Å². The molecule has 2 rings (SSSR count). The molecule has 1 heterocycles. The number of hydrogen-bond donors (Lipinski definition) is 2. The summed E-state index contributed by atoms with van der Waals surface area (Å²) in [4.78, 5) is 0. The van der Waals surface area contributed by atoms with Gasteiger partial charge < -0.3 is 25.1 Å². The molecule has 0 fully saturated rings. The van der Waals surface area contributed by atoms with Gasteiger partial charge in [-0.2, -0.15) is 0 Å². The second-order valence-corrected chi connectivity index (χ2v) is 4.25. The van der Waals surface area contributed by atoms with Gasteiger partial charge in [-0.15, -0.1) is 0 Å². The van der Waals surface area contributed by atoms with Crippen molar-refractivity contribution in [2.45, 2.75) is 6.10 Å². The van der Waals surface area contributed by atoms with Crippen molar-refractivity contribution in [1.82, 2.24) is 0 Å². The summed E-state index contributed by atoms with van der Waals surface area (Å²) in [5.41, 5.74) is 6.47. The zero-order chi connectivity index (χ0) is 13.0. The fourth-order valence-corrected chi connectivity index (χ4v) is 2.09. The Morgan fingerprint density at radius 1 is 1.39 bits per heavy atom. The zero-order valence-electron chi connectivity index (χ0n) is 9.89. The van der Waals surface area contributed by atoms with Gasteiger partial charge in [0.05, 0.1) is 24.3 Å². The van der Waals surface area contributed by atoms with E-state index in [0.717, 1.165) is 5.56 Å². The van der Waals surface area contributed by atoms with Gasteiger partial charge >= 0.3 is 0 Å². The van der Waals surface area contributed by atoms with Gasteiger partial charge in [-0.25, -0.2) is 0 Å². The highest BCUT2D eigenvalue weighted by molar-refractivity contribution is 6.32. The summed E-state index contributed by atoms with van der Waals surface area (Å²) in [7, 11) is 0. The van der Waals surface area contributed by atoms with Crippen molar-refractivity contribution in [3.8, 4) is 11.5 Å². The zero-order valence-corrected chi connectivity index (χ0v) is 10.7. The highest BCUT2D eigenvalue weighted by Crippen LogP contribution is 2.40. The SMILES string of the molecule is NCC(OCCO)c1cc(Cl)c2c(c1)OCCO2. The van der Waals surface area contributed by atoms with Crippen LogP contribution in [0.2, 0.25) is 5.02 Å². The number of halogens is 1. The van der Waals surface area contributed by atoms with Crippen LogP contribution in [0.5, 0.6) is 11.5 Å². The first-order valence-corrected chi connectivity index (χ1v) is 6.15. The van der Waals surface area contributed by atoms with Crippen molar-refractivity contribution in [3.63, 3.8) is 0 Å². The number of ether oxygens (including phenoxy) is 3. The Labute approximate surface area is 110 Å². The summed E-state index contributed by atoms with van der Waals surface area (Å²) < 4.78 is 16.4. The van der Waals surface area contributed by atoms with Gasteiger partial charge in [0.2, 0.25) is 0 Å². The minimum Gasteiger partial charge on any atom is -0.486 e. The van der Waals surface area contributed by atoms with Crippen LogP contribution in [0, 0.1) is 0 Å². The Bertz CT molecular complexity index is 413. The fourth-order valence-electron chi connectivity index (χ4n) is 1.81. The van der Waals surface area contributed by atoms with E-state index in [0.29, 0.717) is 36.3 Å². The molecule has 1 aliphatic heterocycles. The maximum Gasteiger partial charge on any atom is 0.179 e. The molecule has 0 saturated heterocycles. The van der Waals surface area contributed by atoms with Crippen molar-refractivity contribution >= 4 is 11.6 Å². The van der Waals surface area contributed by atoms with Gasteiger partial charge in [0.25, 0.3) is 0 Å². The molecule has 100 valence electrons. The Kier molecular flexibility index (Phi) is 4.66. The van der Waals surface area contributed by atoms with Crippen LogP contribution in [0.15, 0.2) is 12.1 Å². The van der Waals surface area contributed by atoms with Crippen LogP contribution >= 0.6 is 11.6 Å². The molecular formula is C12H16ClNO4. The molecule has 0 radical (unpaired) electrons. The van der Waals surface area contributed by atoms with Crippen LogP contribution in [0.4, 0.5) is 0 Å². The lowest BCUT2D eigenvalue weighted by atomic mass is 10.1. The number of hydrogen-bond acceptors (Lipinski definition) is 5. The lowest BCUT2D eigenvalue weighted by molar-refractivity contribution is 0.0326. The fraction of sp³-hybridized carbons (Fsp3) is 0.500.